The second-order valence-corrected chi connectivity index (χ2v) is 6.50. The van der Waals surface area contributed by atoms with E-state index in [4.69, 9.17) is 9.84 Å². The minimum Gasteiger partial charge on any atom is -0.481 e. The molecule has 0 radical (unpaired) electrons. The van der Waals surface area contributed by atoms with Gasteiger partial charge in [0.15, 0.2) is 0 Å². The monoisotopic (exact) mass is 382 g/mol. The molecule has 0 saturated heterocycles. The summed E-state index contributed by atoms with van der Waals surface area (Å²) in [6.45, 7) is 0.642. The van der Waals surface area contributed by atoms with E-state index in [-0.39, 0.29) is 44.4 Å². The number of rotatable bonds is 8. The van der Waals surface area contributed by atoms with E-state index in [2.05, 4.69) is 22.8 Å². The number of nitrogens with one attached hydrogen (secondary N) is 2. The van der Waals surface area contributed by atoms with Gasteiger partial charge in [-0.05, 0) is 22.3 Å². The Kier molecular flexibility index (Phi) is 6.26. The van der Waals surface area contributed by atoms with Crippen molar-refractivity contribution in [1.29, 1.82) is 0 Å². The maximum atomic E-state index is 12.0. The molecule has 0 bridgehead atoms. The first-order valence-electron chi connectivity index (χ1n) is 9.13. The fourth-order valence-electron chi connectivity index (χ4n) is 3.32. The fraction of sp³-hybridized carbons (Fsp3) is 0.286. The highest BCUT2D eigenvalue weighted by atomic mass is 16.5. The highest BCUT2D eigenvalue weighted by molar-refractivity contribution is 5.81. The Morgan fingerprint density at radius 1 is 0.857 bits per heavy atom. The SMILES string of the molecule is O=C(O)CCC(=O)NCCNC(=O)OCC1c2ccccc2-c2ccccc21. The molecule has 1 aliphatic rings. The molecule has 0 atom stereocenters. The number of aliphatic carboxylic acids is 1. The molecule has 7 heteroatoms. The van der Waals surface area contributed by atoms with E-state index in [9.17, 15) is 14.4 Å². The summed E-state index contributed by atoms with van der Waals surface area (Å²) in [6, 6.07) is 16.2. The van der Waals surface area contributed by atoms with Gasteiger partial charge in [-0.25, -0.2) is 4.79 Å². The van der Waals surface area contributed by atoms with Crippen LogP contribution in [0, 0.1) is 0 Å². The maximum absolute atomic E-state index is 12.0. The van der Waals surface area contributed by atoms with Crippen molar-refractivity contribution in [2.24, 2.45) is 0 Å². The smallest absolute Gasteiger partial charge is 0.407 e. The van der Waals surface area contributed by atoms with Crippen LogP contribution in [0.1, 0.15) is 29.9 Å². The van der Waals surface area contributed by atoms with Gasteiger partial charge in [-0.2, -0.15) is 0 Å². The van der Waals surface area contributed by atoms with Crippen molar-refractivity contribution in [2.45, 2.75) is 18.8 Å². The van der Waals surface area contributed by atoms with E-state index < -0.39 is 12.1 Å². The number of alkyl carbamates (subject to hydrolysis) is 1. The number of carbonyl (C=O) groups is 3. The van der Waals surface area contributed by atoms with E-state index in [0.717, 1.165) is 22.3 Å². The van der Waals surface area contributed by atoms with Crippen LogP contribution in [0.2, 0.25) is 0 Å². The first-order chi connectivity index (χ1) is 13.6. The lowest BCUT2D eigenvalue weighted by molar-refractivity contribution is -0.138. The van der Waals surface area contributed by atoms with Gasteiger partial charge in [0.05, 0.1) is 6.42 Å². The number of fused-ring (bicyclic) bond motifs is 3. The molecule has 2 aromatic carbocycles. The lowest BCUT2D eigenvalue weighted by Gasteiger charge is -2.14. The Bertz CT molecular complexity index is 835. The minimum atomic E-state index is -1.02. The van der Waals surface area contributed by atoms with Gasteiger partial charge < -0.3 is 20.5 Å². The summed E-state index contributed by atoms with van der Waals surface area (Å²) in [5.74, 6) is -1.39. The Balaban J connectivity index is 1.45. The first kappa shape index (κ1) is 19.4. The van der Waals surface area contributed by atoms with Crippen LogP contribution in [0.5, 0.6) is 0 Å². The molecule has 0 spiro atoms. The Labute approximate surface area is 162 Å². The third-order valence-electron chi connectivity index (χ3n) is 4.63. The zero-order valence-electron chi connectivity index (χ0n) is 15.3. The molecular formula is C21H22N2O5. The summed E-state index contributed by atoms with van der Waals surface area (Å²) >= 11 is 0. The topological polar surface area (TPSA) is 105 Å². The predicted octanol–water partition coefficient (Wildman–Crippen LogP) is 2.51. The van der Waals surface area contributed by atoms with E-state index in [1.165, 1.54) is 0 Å². The zero-order valence-corrected chi connectivity index (χ0v) is 15.3. The summed E-state index contributed by atoms with van der Waals surface area (Å²) in [7, 11) is 0. The van der Waals surface area contributed by atoms with E-state index in [0.29, 0.717) is 0 Å². The van der Waals surface area contributed by atoms with Crippen molar-refractivity contribution >= 4 is 18.0 Å². The molecule has 2 aromatic rings. The van der Waals surface area contributed by atoms with Crippen molar-refractivity contribution in [3.63, 3.8) is 0 Å². The quantitative estimate of drug-likeness (QED) is 0.609. The molecule has 3 N–H and O–H groups in total. The van der Waals surface area contributed by atoms with Crippen molar-refractivity contribution < 1.29 is 24.2 Å². The first-order valence-corrected chi connectivity index (χ1v) is 9.13. The lowest BCUT2D eigenvalue weighted by atomic mass is 9.98. The Morgan fingerprint density at radius 3 is 2.04 bits per heavy atom. The molecule has 0 aromatic heterocycles. The molecular weight excluding hydrogens is 360 g/mol. The van der Waals surface area contributed by atoms with Crippen LogP contribution < -0.4 is 10.6 Å². The summed E-state index contributed by atoms with van der Waals surface area (Å²) in [5.41, 5.74) is 4.61. The van der Waals surface area contributed by atoms with Crippen LogP contribution in [0.15, 0.2) is 48.5 Å². The van der Waals surface area contributed by atoms with Gasteiger partial charge in [-0.1, -0.05) is 48.5 Å². The van der Waals surface area contributed by atoms with Gasteiger partial charge in [0.2, 0.25) is 5.91 Å². The molecule has 28 heavy (non-hydrogen) atoms. The molecule has 3 rings (SSSR count). The van der Waals surface area contributed by atoms with Gasteiger partial charge in [-0.15, -0.1) is 0 Å². The number of hydrogen-bond donors (Lipinski definition) is 3. The highest BCUT2D eigenvalue weighted by Gasteiger charge is 2.28. The number of carbonyl (C=O) groups excluding carboxylic acids is 2. The molecule has 0 fully saturated rings. The Morgan fingerprint density at radius 2 is 1.43 bits per heavy atom. The maximum Gasteiger partial charge on any atom is 0.407 e. The summed E-state index contributed by atoms with van der Waals surface area (Å²) in [5, 5.41) is 13.7. The highest BCUT2D eigenvalue weighted by Crippen LogP contribution is 2.44. The molecule has 146 valence electrons. The van der Waals surface area contributed by atoms with Crippen LogP contribution in [-0.2, 0) is 14.3 Å². The number of carboxylic acid groups (broad SMARTS) is 1. The van der Waals surface area contributed by atoms with Gasteiger partial charge in [0.25, 0.3) is 0 Å². The van der Waals surface area contributed by atoms with Gasteiger partial charge >= 0.3 is 12.1 Å². The van der Waals surface area contributed by atoms with E-state index in [1.54, 1.807) is 0 Å². The second-order valence-electron chi connectivity index (χ2n) is 6.50. The average Bonchev–Trinajstić information content (AvgIpc) is 3.02. The standard InChI is InChI=1S/C21H22N2O5/c24-19(9-10-20(25)26)22-11-12-23-21(27)28-13-18-16-7-3-1-5-14(16)15-6-2-4-8-17(15)18/h1-8,18H,9-13H2,(H,22,24)(H,23,27)(H,25,26). The number of ether oxygens (including phenoxy) is 1. The van der Waals surface area contributed by atoms with Crippen LogP contribution in [0.25, 0.3) is 11.1 Å². The van der Waals surface area contributed by atoms with Crippen LogP contribution >= 0.6 is 0 Å². The summed E-state index contributed by atoms with van der Waals surface area (Å²) in [6.07, 6.45) is -0.854. The molecule has 0 heterocycles. The van der Waals surface area contributed by atoms with E-state index in [1.807, 2.05) is 36.4 Å². The van der Waals surface area contributed by atoms with Crippen molar-refractivity contribution in [3.8, 4) is 11.1 Å². The normalized spacial score (nSPS) is 12.0. The fourth-order valence-corrected chi connectivity index (χ4v) is 3.32. The van der Waals surface area contributed by atoms with Crippen molar-refractivity contribution in [3.05, 3.63) is 59.7 Å². The predicted molar refractivity (Wildman–Crippen MR) is 103 cm³/mol. The van der Waals surface area contributed by atoms with Gasteiger partial charge in [-0.3, -0.25) is 9.59 Å². The van der Waals surface area contributed by atoms with Gasteiger partial charge in [0.1, 0.15) is 6.61 Å². The third-order valence-corrected chi connectivity index (χ3v) is 4.63. The summed E-state index contributed by atoms with van der Waals surface area (Å²) < 4.78 is 5.39. The van der Waals surface area contributed by atoms with Crippen molar-refractivity contribution in [2.75, 3.05) is 19.7 Å². The summed E-state index contributed by atoms with van der Waals surface area (Å²) in [4.78, 5) is 33.8. The third kappa shape index (κ3) is 4.68. The molecule has 7 nitrogen and oxygen atoms in total. The lowest BCUT2D eigenvalue weighted by Crippen LogP contribution is -2.35. The van der Waals surface area contributed by atoms with Crippen LogP contribution in [-0.4, -0.2) is 42.8 Å². The number of hydrogen-bond acceptors (Lipinski definition) is 4. The van der Waals surface area contributed by atoms with Crippen molar-refractivity contribution in [1.82, 2.24) is 10.6 Å². The second kappa shape index (κ2) is 9.03. The zero-order chi connectivity index (χ0) is 19.9. The number of carboxylic acids is 1. The number of benzene rings is 2. The molecule has 1 aliphatic carbocycles. The number of amides is 2. The molecule has 0 saturated carbocycles. The molecule has 0 unspecified atom stereocenters. The van der Waals surface area contributed by atoms with Gasteiger partial charge in [0, 0.05) is 25.4 Å². The minimum absolute atomic E-state index is 0.00567. The average molecular weight is 382 g/mol. The largest absolute Gasteiger partial charge is 0.481 e. The van der Waals surface area contributed by atoms with E-state index >= 15 is 0 Å². The Hall–Kier alpha value is -3.35. The molecule has 2 amide bonds. The van der Waals surface area contributed by atoms with Crippen LogP contribution in [0.4, 0.5) is 4.79 Å². The molecule has 0 aliphatic heterocycles. The van der Waals surface area contributed by atoms with Crippen LogP contribution in [0.3, 0.4) is 0 Å².